The van der Waals surface area contributed by atoms with E-state index in [1.165, 1.54) is 9.91 Å². The predicted octanol–water partition coefficient (Wildman–Crippen LogP) is 2.79. The lowest BCUT2D eigenvalue weighted by Crippen LogP contribution is -2.76. The number of aromatic hydroxyl groups is 1. The van der Waals surface area contributed by atoms with Crippen LogP contribution in [0.5, 0.6) is 5.75 Å². The third kappa shape index (κ3) is 5.38. The van der Waals surface area contributed by atoms with E-state index in [2.05, 4.69) is 11.2 Å². The third-order valence-corrected chi connectivity index (χ3v) is 7.10. The molecule has 4 amide bonds. The number of likely N-dealkylation sites (N-methyl/N-ethyl adjacent to an activating group) is 1. The smallest absolute Gasteiger partial charge is 0.334 e. The van der Waals surface area contributed by atoms with Crippen LogP contribution in [-0.4, -0.2) is 81.7 Å². The number of urea groups is 1. The second-order valence-corrected chi connectivity index (χ2v) is 9.55. The van der Waals surface area contributed by atoms with Crippen molar-refractivity contribution in [1.82, 2.24) is 25.1 Å². The quantitative estimate of drug-likeness (QED) is 0.498. The zero-order valence-electron chi connectivity index (χ0n) is 21.1. The molecule has 2 heterocycles. The highest BCUT2D eigenvalue weighted by molar-refractivity contribution is 5.92. The van der Waals surface area contributed by atoms with Crippen molar-refractivity contribution in [3.63, 3.8) is 0 Å². The van der Waals surface area contributed by atoms with E-state index in [1.54, 1.807) is 41.2 Å². The molecule has 39 heavy (non-hydrogen) atoms. The van der Waals surface area contributed by atoms with E-state index in [0.29, 0.717) is 6.54 Å². The summed E-state index contributed by atoms with van der Waals surface area (Å²) in [5.74, 6) is 2.09. The van der Waals surface area contributed by atoms with Gasteiger partial charge in [0.1, 0.15) is 18.0 Å². The minimum absolute atomic E-state index is 0. The number of hydrogen-bond donors (Lipinski definition) is 2. The zero-order valence-corrected chi connectivity index (χ0v) is 21.1. The summed E-state index contributed by atoms with van der Waals surface area (Å²) in [5, 5.41) is 17.6. The number of carbonyl (C=O) groups is 3. The Balaban J connectivity index is 0.00000353. The number of fused-ring (bicyclic) bond motifs is 2. The van der Waals surface area contributed by atoms with Crippen LogP contribution >= 0.6 is 0 Å². The average Bonchev–Trinajstić information content (AvgIpc) is 2.91. The van der Waals surface area contributed by atoms with Crippen LogP contribution in [0.15, 0.2) is 66.7 Å². The Hall–Kier alpha value is -4.55. The number of piperazine rings is 1. The van der Waals surface area contributed by atoms with Crippen LogP contribution in [-0.2, 0) is 22.6 Å². The second kappa shape index (κ2) is 11.5. The average molecular weight is 528 g/mol. The summed E-state index contributed by atoms with van der Waals surface area (Å²) in [5.41, 5.74) is 1.77. The number of terminal acetylenes is 1. The summed E-state index contributed by atoms with van der Waals surface area (Å²) >= 11 is 0. The van der Waals surface area contributed by atoms with Gasteiger partial charge in [-0.25, -0.2) is 14.8 Å². The van der Waals surface area contributed by atoms with E-state index < -0.39 is 18.2 Å². The molecule has 5 rings (SSSR count). The molecule has 3 aromatic rings. The molecule has 3 aromatic carbocycles. The molecule has 0 spiro atoms. The van der Waals surface area contributed by atoms with Crippen LogP contribution in [0.1, 0.15) is 18.6 Å². The largest absolute Gasteiger partial charge is 0.508 e. The summed E-state index contributed by atoms with van der Waals surface area (Å²) in [6, 6.07) is 19.3. The topological polar surface area (TPSA) is 96.4 Å². The van der Waals surface area contributed by atoms with Crippen molar-refractivity contribution in [2.75, 3.05) is 26.7 Å². The van der Waals surface area contributed by atoms with E-state index in [0.717, 1.165) is 21.9 Å². The van der Waals surface area contributed by atoms with E-state index in [4.69, 9.17) is 6.42 Å². The summed E-state index contributed by atoms with van der Waals surface area (Å²) in [7, 11) is 1.67. The van der Waals surface area contributed by atoms with Gasteiger partial charge in [-0.3, -0.25) is 9.59 Å². The maximum absolute atomic E-state index is 14.0. The molecule has 2 N–H and O–H groups in total. The van der Waals surface area contributed by atoms with Gasteiger partial charge in [-0.05, 0) is 34.0 Å². The second-order valence-electron chi connectivity index (χ2n) is 9.55. The van der Waals surface area contributed by atoms with Crippen molar-refractivity contribution in [2.45, 2.75) is 32.6 Å². The van der Waals surface area contributed by atoms with E-state index in [-0.39, 0.29) is 51.0 Å². The van der Waals surface area contributed by atoms with Gasteiger partial charge in [0.2, 0.25) is 11.8 Å². The summed E-state index contributed by atoms with van der Waals surface area (Å²) in [6.07, 6.45) is 4.89. The van der Waals surface area contributed by atoms with Crippen LogP contribution in [0.3, 0.4) is 0 Å². The number of rotatable bonds is 5. The van der Waals surface area contributed by atoms with Gasteiger partial charge in [-0.15, -0.1) is 6.42 Å². The van der Waals surface area contributed by atoms with Crippen molar-refractivity contribution in [2.24, 2.45) is 0 Å². The first-order valence-electron chi connectivity index (χ1n) is 12.4. The molecule has 202 valence electrons. The molecule has 0 bridgehead atoms. The third-order valence-electron chi connectivity index (χ3n) is 7.10. The minimum Gasteiger partial charge on any atom is -0.508 e. The van der Waals surface area contributed by atoms with E-state index in [9.17, 15) is 19.5 Å². The number of benzene rings is 3. The molecule has 2 atom stereocenters. The fourth-order valence-corrected chi connectivity index (χ4v) is 5.35. The molecule has 2 aliphatic heterocycles. The molecule has 0 aliphatic carbocycles. The molecular formula is C30H33N5O4. The molecular weight excluding hydrogens is 494 g/mol. The number of nitrogens with zero attached hydrogens (tertiary/aromatic N) is 4. The highest BCUT2D eigenvalue weighted by Gasteiger charge is 2.50. The summed E-state index contributed by atoms with van der Waals surface area (Å²) < 4.78 is 0. The lowest BCUT2D eigenvalue weighted by molar-refractivity contribution is -0.187. The van der Waals surface area contributed by atoms with Crippen LogP contribution in [0.4, 0.5) is 4.79 Å². The van der Waals surface area contributed by atoms with E-state index in [1.807, 2.05) is 42.5 Å². The number of phenols is 1. The first-order valence-corrected chi connectivity index (χ1v) is 12.4. The fourth-order valence-electron chi connectivity index (χ4n) is 5.35. The predicted molar refractivity (Wildman–Crippen MR) is 149 cm³/mol. The van der Waals surface area contributed by atoms with E-state index >= 15 is 0 Å². The number of phenolic OH excluding ortho intramolecular Hbond substituents is 1. The molecule has 2 aliphatic rings. The summed E-state index contributed by atoms with van der Waals surface area (Å²) in [4.78, 5) is 43.8. The first kappa shape index (κ1) is 27.5. The Morgan fingerprint density at radius 3 is 2.54 bits per heavy atom. The SMILES string of the molecule is C.C#CCNC(=O)N1[C@H]2CN(Cc3cccc4ccccc34)C(=O)[C@H](Cc3ccc(O)cc3)N2C(=O)CN1C. The van der Waals surface area contributed by atoms with Gasteiger partial charge >= 0.3 is 6.03 Å². The normalized spacial score (nSPS) is 19.3. The molecule has 0 radical (unpaired) electrons. The van der Waals surface area contributed by atoms with Crippen LogP contribution in [0.25, 0.3) is 10.8 Å². The molecule has 9 nitrogen and oxygen atoms in total. The molecule has 0 aromatic heterocycles. The van der Waals surface area contributed by atoms with Gasteiger partial charge in [0.05, 0.1) is 19.6 Å². The summed E-state index contributed by atoms with van der Waals surface area (Å²) in [6.45, 7) is 0.462. The maximum Gasteiger partial charge on any atom is 0.334 e. The van der Waals surface area contributed by atoms with Crippen molar-refractivity contribution >= 4 is 28.6 Å². The molecule has 0 saturated carbocycles. The Bertz CT molecular complexity index is 1410. The Labute approximate surface area is 228 Å². The fraction of sp³-hybridized carbons (Fsp3) is 0.300. The van der Waals surface area contributed by atoms with Gasteiger partial charge in [-0.1, -0.05) is 67.9 Å². The van der Waals surface area contributed by atoms with Crippen molar-refractivity contribution in [3.05, 3.63) is 77.9 Å². The van der Waals surface area contributed by atoms with Gasteiger partial charge in [0.25, 0.3) is 0 Å². The molecule has 2 fully saturated rings. The number of carbonyl (C=O) groups excluding carboxylic acids is 3. The standard InChI is InChI=1S/C29H29N5O4.CH4/c1-3-15-30-29(38)34-26-18-32(17-22-9-6-8-21-7-4-5-10-24(21)22)28(37)25(33(26)27(36)19-31(34)2)16-20-11-13-23(35)14-12-20;/h1,4-14,25-26,35H,15-19H2,2H3,(H,30,38);1H4/t25-,26-;/m0./s1. The highest BCUT2D eigenvalue weighted by atomic mass is 16.3. The van der Waals surface area contributed by atoms with Crippen molar-refractivity contribution < 1.29 is 19.5 Å². The maximum atomic E-state index is 14.0. The lowest BCUT2D eigenvalue weighted by atomic mass is 9.97. The van der Waals surface area contributed by atoms with Crippen molar-refractivity contribution in [1.29, 1.82) is 0 Å². The number of hydrogen-bond acceptors (Lipinski definition) is 5. The Morgan fingerprint density at radius 2 is 1.79 bits per heavy atom. The molecule has 2 saturated heterocycles. The van der Waals surface area contributed by atoms with Crippen LogP contribution < -0.4 is 5.32 Å². The lowest BCUT2D eigenvalue weighted by Gasteiger charge is -2.54. The number of hydrazine groups is 1. The highest BCUT2D eigenvalue weighted by Crippen LogP contribution is 2.30. The number of amides is 4. The minimum atomic E-state index is -0.822. The van der Waals surface area contributed by atoms with Gasteiger partial charge in [-0.2, -0.15) is 0 Å². The van der Waals surface area contributed by atoms with Crippen LogP contribution in [0.2, 0.25) is 0 Å². The van der Waals surface area contributed by atoms with Gasteiger partial charge in [0.15, 0.2) is 0 Å². The first-order chi connectivity index (χ1) is 18.4. The van der Waals surface area contributed by atoms with Gasteiger partial charge in [0, 0.05) is 20.0 Å². The monoisotopic (exact) mass is 527 g/mol. The molecule has 0 unspecified atom stereocenters. The Morgan fingerprint density at radius 1 is 1.08 bits per heavy atom. The van der Waals surface area contributed by atoms with Crippen molar-refractivity contribution in [3.8, 4) is 18.1 Å². The van der Waals surface area contributed by atoms with Crippen LogP contribution in [0, 0.1) is 12.3 Å². The molecule has 9 heteroatoms. The van der Waals surface area contributed by atoms with Gasteiger partial charge < -0.3 is 20.2 Å². The Kier molecular flexibility index (Phi) is 8.07. The zero-order chi connectivity index (χ0) is 26.8. The number of nitrogens with one attached hydrogen (secondary N) is 1.